The maximum Gasteiger partial charge on any atom is 0.178 e. The largest absolute Gasteiger partial charge is 0.350 e. The van der Waals surface area contributed by atoms with Gasteiger partial charge in [-0.25, -0.2) is 4.39 Å². The quantitative estimate of drug-likeness (QED) is 0.546. The fourth-order valence-electron chi connectivity index (χ4n) is 4.94. The van der Waals surface area contributed by atoms with Crippen LogP contribution in [0.1, 0.15) is 36.8 Å². The lowest BCUT2D eigenvalue weighted by Gasteiger charge is -2.35. The summed E-state index contributed by atoms with van der Waals surface area (Å²) in [5, 5.41) is 0. The summed E-state index contributed by atoms with van der Waals surface area (Å²) in [5.41, 5.74) is 3.43. The van der Waals surface area contributed by atoms with Gasteiger partial charge in [0.05, 0.1) is 24.2 Å². The minimum absolute atomic E-state index is 0.169. The van der Waals surface area contributed by atoms with E-state index in [1.165, 1.54) is 5.52 Å². The molecule has 31 heavy (non-hydrogen) atoms. The summed E-state index contributed by atoms with van der Waals surface area (Å²) in [5.74, 6) is 0.0441. The fourth-order valence-corrected chi connectivity index (χ4v) is 5.29. The van der Waals surface area contributed by atoms with Gasteiger partial charge in [-0.2, -0.15) is 0 Å². The van der Waals surface area contributed by atoms with Gasteiger partial charge in [-0.1, -0.05) is 24.3 Å². The van der Waals surface area contributed by atoms with E-state index in [1.54, 1.807) is 12.1 Å². The van der Waals surface area contributed by atoms with Crippen LogP contribution in [0, 0.1) is 10.6 Å². The van der Waals surface area contributed by atoms with Gasteiger partial charge >= 0.3 is 0 Å². The third kappa shape index (κ3) is 4.60. The van der Waals surface area contributed by atoms with E-state index in [-0.39, 0.29) is 18.0 Å². The highest BCUT2D eigenvalue weighted by Gasteiger charge is 2.28. The van der Waals surface area contributed by atoms with E-state index >= 15 is 0 Å². The number of nitrogens with zero attached hydrogens (tertiary/aromatic N) is 2. The van der Waals surface area contributed by atoms with Gasteiger partial charge in [-0.05, 0) is 54.9 Å². The zero-order valence-corrected chi connectivity index (χ0v) is 18.3. The summed E-state index contributed by atoms with van der Waals surface area (Å²) in [6.45, 7) is 4.24. The van der Waals surface area contributed by atoms with Crippen LogP contribution in [0.25, 0.3) is 11.0 Å². The SMILES string of the molecule is Fc1ccc([C@H](CC2OCCO2)CN2CCC(n3c(=S)[nH]c4ccccc43)CC2)cc1. The monoisotopic (exact) mass is 441 g/mol. The molecule has 1 aromatic heterocycles. The van der Waals surface area contributed by atoms with Gasteiger partial charge in [-0.3, -0.25) is 0 Å². The number of halogens is 1. The number of ether oxygens (including phenoxy) is 2. The number of hydrogen-bond acceptors (Lipinski definition) is 4. The van der Waals surface area contributed by atoms with Crippen molar-refractivity contribution in [2.75, 3.05) is 32.8 Å². The maximum atomic E-state index is 13.5. The minimum atomic E-state index is -0.202. The van der Waals surface area contributed by atoms with Crippen molar-refractivity contribution in [1.29, 1.82) is 0 Å². The van der Waals surface area contributed by atoms with Crippen LogP contribution in [0.2, 0.25) is 0 Å². The fraction of sp³-hybridized carbons (Fsp3) is 0.458. The number of rotatable bonds is 6. The molecule has 7 heteroatoms. The lowest BCUT2D eigenvalue weighted by atomic mass is 9.93. The summed E-state index contributed by atoms with van der Waals surface area (Å²) in [4.78, 5) is 5.85. The van der Waals surface area contributed by atoms with Crippen molar-refractivity contribution >= 4 is 23.3 Å². The van der Waals surface area contributed by atoms with Crippen molar-refractivity contribution in [2.45, 2.75) is 37.5 Å². The van der Waals surface area contributed by atoms with Crippen LogP contribution in [0.3, 0.4) is 0 Å². The molecule has 1 atom stereocenters. The molecule has 2 fully saturated rings. The summed E-state index contributed by atoms with van der Waals surface area (Å²) >= 11 is 5.62. The van der Waals surface area contributed by atoms with Crippen LogP contribution in [0.15, 0.2) is 48.5 Å². The van der Waals surface area contributed by atoms with Gasteiger partial charge in [0.25, 0.3) is 0 Å². The number of H-pyrrole nitrogens is 1. The topological polar surface area (TPSA) is 42.4 Å². The minimum Gasteiger partial charge on any atom is -0.350 e. The second-order valence-electron chi connectivity index (χ2n) is 8.50. The zero-order valence-electron chi connectivity index (χ0n) is 17.5. The molecule has 3 heterocycles. The van der Waals surface area contributed by atoms with Crippen LogP contribution in [0.5, 0.6) is 0 Å². The predicted octanol–water partition coefficient (Wildman–Crippen LogP) is 5.02. The zero-order chi connectivity index (χ0) is 21.2. The van der Waals surface area contributed by atoms with Crippen LogP contribution < -0.4 is 0 Å². The number of aromatic amines is 1. The lowest BCUT2D eigenvalue weighted by molar-refractivity contribution is -0.0531. The number of nitrogens with one attached hydrogen (secondary N) is 1. The first-order chi connectivity index (χ1) is 15.2. The number of imidazole rings is 1. The molecule has 164 valence electrons. The van der Waals surface area contributed by atoms with Gasteiger partial charge in [0.2, 0.25) is 0 Å². The van der Waals surface area contributed by atoms with E-state index < -0.39 is 0 Å². The van der Waals surface area contributed by atoms with E-state index in [0.29, 0.717) is 19.3 Å². The van der Waals surface area contributed by atoms with Crippen molar-refractivity contribution < 1.29 is 13.9 Å². The number of piperidine rings is 1. The average molecular weight is 442 g/mol. The van der Waals surface area contributed by atoms with E-state index in [1.807, 2.05) is 18.2 Å². The average Bonchev–Trinajstić information content (AvgIpc) is 3.41. The first-order valence-electron chi connectivity index (χ1n) is 11.1. The van der Waals surface area contributed by atoms with Crippen molar-refractivity contribution in [2.24, 2.45) is 0 Å². The Bertz CT molecular complexity index is 1070. The molecule has 0 bridgehead atoms. The number of fused-ring (bicyclic) bond motifs is 1. The highest BCUT2D eigenvalue weighted by molar-refractivity contribution is 7.71. The Morgan fingerprint density at radius 1 is 1.03 bits per heavy atom. The van der Waals surface area contributed by atoms with Gasteiger partial charge in [0, 0.05) is 38.0 Å². The Kier molecular flexibility index (Phi) is 6.18. The molecule has 2 aliphatic rings. The Morgan fingerprint density at radius 3 is 2.48 bits per heavy atom. The third-order valence-corrected chi connectivity index (χ3v) is 6.83. The number of benzene rings is 2. The molecule has 1 N–H and O–H groups in total. The lowest BCUT2D eigenvalue weighted by Crippen LogP contribution is -2.38. The van der Waals surface area contributed by atoms with Crippen molar-refractivity contribution in [3.8, 4) is 0 Å². The highest BCUT2D eigenvalue weighted by Crippen LogP contribution is 2.31. The van der Waals surface area contributed by atoms with Crippen LogP contribution in [-0.2, 0) is 9.47 Å². The van der Waals surface area contributed by atoms with Crippen LogP contribution in [-0.4, -0.2) is 53.6 Å². The van der Waals surface area contributed by atoms with Gasteiger partial charge in [0.15, 0.2) is 11.1 Å². The smallest absolute Gasteiger partial charge is 0.178 e. The Morgan fingerprint density at radius 2 is 1.74 bits per heavy atom. The molecular weight excluding hydrogens is 413 g/mol. The molecule has 0 radical (unpaired) electrons. The number of para-hydroxylation sites is 2. The summed E-state index contributed by atoms with van der Waals surface area (Å²) in [6, 6.07) is 15.6. The first-order valence-corrected chi connectivity index (χ1v) is 11.5. The van der Waals surface area contributed by atoms with Gasteiger partial charge in [0.1, 0.15) is 5.82 Å². The highest BCUT2D eigenvalue weighted by atomic mass is 32.1. The predicted molar refractivity (Wildman–Crippen MR) is 121 cm³/mol. The Labute approximate surface area is 186 Å². The van der Waals surface area contributed by atoms with Gasteiger partial charge in [-0.15, -0.1) is 0 Å². The second kappa shape index (κ2) is 9.20. The molecule has 2 aromatic carbocycles. The molecule has 0 unspecified atom stereocenters. The molecule has 2 aliphatic heterocycles. The molecule has 5 rings (SSSR count). The molecular formula is C24H28FN3O2S. The third-order valence-electron chi connectivity index (χ3n) is 6.53. The number of aromatic nitrogens is 2. The molecule has 0 aliphatic carbocycles. The normalized spacial score (nSPS) is 19.9. The van der Waals surface area contributed by atoms with E-state index in [2.05, 4.69) is 32.7 Å². The standard InChI is InChI=1S/C24H28FN3O2S/c25-19-7-5-17(6-8-19)18(15-23-29-13-14-30-23)16-27-11-9-20(10-12-27)28-22-4-2-1-3-21(22)26-24(28)31/h1-8,18,20,23H,9-16H2,(H,26,31)/t18-/m1/s1. The summed E-state index contributed by atoms with van der Waals surface area (Å²) in [6.07, 6.45) is 2.74. The molecule has 0 spiro atoms. The molecule has 0 amide bonds. The summed E-state index contributed by atoms with van der Waals surface area (Å²) in [7, 11) is 0. The van der Waals surface area contributed by atoms with Crippen molar-refractivity contribution in [3.63, 3.8) is 0 Å². The Balaban J connectivity index is 1.27. The maximum absolute atomic E-state index is 13.5. The van der Waals surface area contributed by atoms with Crippen molar-refractivity contribution in [3.05, 3.63) is 64.7 Å². The summed E-state index contributed by atoms with van der Waals surface area (Å²) < 4.78 is 28.0. The van der Waals surface area contributed by atoms with E-state index in [4.69, 9.17) is 21.7 Å². The van der Waals surface area contributed by atoms with E-state index in [0.717, 1.165) is 54.7 Å². The molecule has 2 saturated heterocycles. The van der Waals surface area contributed by atoms with Crippen LogP contribution >= 0.6 is 12.2 Å². The van der Waals surface area contributed by atoms with Crippen molar-refractivity contribution in [1.82, 2.24) is 14.5 Å². The number of likely N-dealkylation sites (tertiary alicyclic amines) is 1. The first kappa shape index (κ1) is 20.8. The van der Waals surface area contributed by atoms with Gasteiger partial charge < -0.3 is 23.9 Å². The molecule has 5 nitrogen and oxygen atoms in total. The Hall–Kier alpha value is -2.06. The number of hydrogen-bond donors (Lipinski definition) is 1. The second-order valence-corrected chi connectivity index (χ2v) is 8.89. The molecule has 0 saturated carbocycles. The van der Waals surface area contributed by atoms with Crippen LogP contribution in [0.4, 0.5) is 4.39 Å². The molecule has 3 aromatic rings. The van der Waals surface area contributed by atoms with E-state index in [9.17, 15) is 4.39 Å².